The van der Waals surface area contributed by atoms with Gasteiger partial charge in [0.1, 0.15) is 0 Å². The highest BCUT2D eigenvalue weighted by atomic mass is 28.3. The number of aldehydes is 1. The zero-order valence-corrected chi connectivity index (χ0v) is 16.6. The fraction of sp³-hybridized carbons (Fsp3) is 0.529. The second-order valence-corrected chi connectivity index (χ2v) is 12.5. The lowest BCUT2D eigenvalue weighted by Gasteiger charge is -2.15. The van der Waals surface area contributed by atoms with E-state index in [1.807, 2.05) is 0 Å². The van der Waals surface area contributed by atoms with Gasteiger partial charge in [0, 0.05) is 20.6 Å². The summed E-state index contributed by atoms with van der Waals surface area (Å²) in [6, 6.07) is 3.32. The average molecular weight is 383 g/mol. The van der Waals surface area contributed by atoms with Crippen LogP contribution in [0.3, 0.4) is 0 Å². The number of carbonyl (C=O) groups is 2. The minimum absolute atomic E-state index is 0.0924. The highest BCUT2D eigenvalue weighted by Crippen LogP contribution is 2.34. The number of hydrogen-bond donors (Lipinski definition) is 0. The molecule has 26 heavy (non-hydrogen) atoms. The highest BCUT2D eigenvalue weighted by molar-refractivity contribution is 6.76. The van der Waals surface area contributed by atoms with Gasteiger partial charge in [-0.25, -0.2) is 0 Å². The first-order valence-corrected chi connectivity index (χ1v) is 12.0. The van der Waals surface area contributed by atoms with E-state index in [0.29, 0.717) is 19.3 Å². The summed E-state index contributed by atoms with van der Waals surface area (Å²) < 4.78 is 15.8. The van der Waals surface area contributed by atoms with E-state index >= 15 is 0 Å². The quantitative estimate of drug-likeness (QED) is 0.144. The zero-order chi connectivity index (χ0) is 19.7. The van der Waals surface area contributed by atoms with Crippen molar-refractivity contribution in [3.8, 4) is 11.5 Å². The van der Waals surface area contributed by atoms with Crippen molar-refractivity contribution in [2.24, 2.45) is 0 Å². The van der Waals surface area contributed by atoms with Crippen molar-refractivity contribution in [3.63, 3.8) is 0 Å². The molecule has 0 amide bonds. The molecule has 0 saturated heterocycles. The van der Waals surface area contributed by atoms with E-state index in [2.05, 4.69) is 19.6 Å². The fourth-order valence-corrected chi connectivity index (χ4v) is 2.75. The van der Waals surface area contributed by atoms with E-state index < -0.39 is 13.0 Å². The molecule has 0 radical (unpaired) electrons. The average Bonchev–Trinajstić information content (AvgIpc) is 2.56. The summed E-state index contributed by atoms with van der Waals surface area (Å²) in [5, 5.41) is 11.0. The van der Waals surface area contributed by atoms with Crippen LogP contribution in [-0.4, -0.2) is 45.6 Å². The van der Waals surface area contributed by atoms with Gasteiger partial charge in [-0.15, -0.1) is 0 Å². The van der Waals surface area contributed by atoms with Crippen LogP contribution in [0.15, 0.2) is 12.1 Å². The molecule has 0 fully saturated rings. The van der Waals surface area contributed by atoms with E-state index in [9.17, 15) is 19.7 Å². The van der Waals surface area contributed by atoms with Gasteiger partial charge in [-0.3, -0.25) is 19.7 Å². The van der Waals surface area contributed by atoms with Crippen LogP contribution < -0.4 is 9.47 Å². The number of rotatable bonds is 11. The Kier molecular flexibility index (Phi) is 8.24. The summed E-state index contributed by atoms with van der Waals surface area (Å²) in [5.74, 6) is 0.0772. The first-order valence-electron chi connectivity index (χ1n) is 8.28. The predicted octanol–water partition coefficient (Wildman–Crippen LogP) is 3.46. The van der Waals surface area contributed by atoms with E-state index in [1.165, 1.54) is 13.2 Å². The van der Waals surface area contributed by atoms with Gasteiger partial charge in [-0.05, 0) is 12.5 Å². The van der Waals surface area contributed by atoms with Crippen molar-refractivity contribution in [2.75, 3.05) is 20.3 Å². The molecule has 9 heteroatoms. The molecule has 0 aliphatic rings. The lowest BCUT2D eigenvalue weighted by atomic mass is 10.1. The Labute approximate surface area is 153 Å². The maximum atomic E-state index is 11.7. The molecular weight excluding hydrogens is 358 g/mol. The second kappa shape index (κ2) is 9.90. The van der Waals surface area contributed by atoms with Gasteiger partial charge in [0.15, 0.2) is 17.8 Å². The number of carbonyl (C=O) groups excluding carboxylic acids is 2. The Bertz CT molecular complexity index is 655. The smallest absolute Gasteiger partial charge is 0.305 e. The first kappa shape index (κ1) is 21.6. The first-order chi connectivity index (χ1) is 12.2. The standard InChI is InChI=1S/C17H25NO7Si/c1-23-15-10-13(12-19)14(18(21)22)11-16(15)24-7-5-6-17(20)25-8-9-26(2,3)4/h10-12H,5-9H2,1-4H3. The number of nitro groups is 1. The summed E-state index contributed by atoms with van der Waals surface area (Å²) in [6.07, 6.45) is 0.988. The van der Waals surface area contributed by atoms with E-state index in [1.54, 1.807) is 0 Å². The molecule has 1 aromatic rings. The fourth-order valence-electron chi connectivity index (χ4n) is 2.03. The van der Waals surface area contributed by atoms with Crippen LogP contribution in [0.2, 0.25) is 25.7 Å². The molecule has 0 atom stereocenters. The minimum Gasteiger partial charge on any atom is -0.493 e. The molecule has 8 nitrogen and oxygen atoms in total. The lowest BCUT2D eigenvalue weighted by Crippen LogP contribution is -2.22. The van der Waals surface area contributed by atoms with Crippen LogP contribution >= 0.6 is 0 Å². The van der Waals surface area contributed by atoms with Crippen LogP contribution in [0.4, 0.5) is 5.69 Å². The molecule has 144 valence electrons. The molecule has 0 heterocycles. The second-order valence-electron chi connectivity index (χ2n) is 6.92. The minimum atomic E-state index is -1.24. The van der Waals surface area contributed by atoms with Crippen molar-refractivity contribution >= 4 is 26.0 Å². The zero-order valence-electron chi connectivity index (χ0n) is 15.6. The van der Waals surface area contributed by atoms with Gasteiger partial charge in [0.05, 0.1) is 36.9 Å². The highest BCUT2D eigenvalue weighted by Gasteiger charge is 2.19. The third-order valence-corrected chi connectivity index (χ3v) is 5.24. The van der Waals surface area contributed by atoms with Crippen LogP contribution in [0, 0.1) is 10.1 Å². The third kappa shape index (κ3) is 7.22. The van der Waals surface area contributed by atoms with Gasteiger partial charge in [0.25, 0.3) is 5.69 Å². The number of esters is 1. The van der Waals surface area contributed by atoms with E-state index in [-0.39, 0.29) is 41.7 Å². The summed E-state index contributed by atoms with van der Waals surface area (Å²) in [6.45, 7) is 7.21. The normalized spacial score (nSPS) is 10.9. The number of nitrogens with zero attached hydrogens (tertiary/aromatic N) is 1. The Hall–Kier alpha value is -2.42. The molecule has 1 rings (SSSR count). The van der Waals surface area contributed by atoms with Crippen LogP contribution in [0.25, 0.3) is 0 Å². The van der Waals surface area contributed by atoms with Crippen molar-refractivity contribution in [1.29, 1.82) is 0 Å². The Balaban J connectivity index is 2.54. The topological polar surface area (TPSA) is 105 Å². The largest absolute Gasteiger partial charge is 0.493 e. The Morgan fingerprint density at radius 1 is 1.23 bits per heavy atom. The molecule has 0 N–H and O–H groups in total. The van der Waals surface area contributed by atoms with Gasteiger partial charge in [-0.1, -0.05) is 19.6 Å². The molecule has 0 aliphatic carbocycles. The van der Waals surface area contributed by atoms with Gasteiger partial charge >= 0.3 is 5.97 Å². The molecule has 0 bridgehead atoms. The molecule has 1 aromatic carbocycles. The van der Waals surface area contributed by atoms with E-state index in [0.717, 1.165) is 12.1 Å². The van der Waals surface area contributed by atoms with Gasteiger partial charge < -0.3 is 14.2 Å². The number of ether oxygens (including phenoxy) is 3. The monoisotopic (exact) mass is 383 g/mol. The Morgan fingerprint density at radius 3 is 2.46 bits per heavy atom. The molecular formula is C17H25NO7Si. The number of nitro benzene ring substituents is 1. The number of hydrogen-bond acceptors (Lipinski definition) is 7. The van der Waals surface area contributed by atoms with Crippen molar-refractivity contribution in [1.82, 2.24) is 0 Å². The number of methoxy groups -OCH3 is 1. The maximum Gasteiger partial charge on any atom is 0.305 e. The third-order valence-electron chi connectivity index (χ3n) is 3.53. The van der Waals surface area contributed by atoms with Crippen LogP contribution in [-0.2, 0) is 9.53 Å². The maximum absolute atomic E-state index is 11.7. The SMILES string of the molecule is COc1cc(C=O)c([N+](=O)[O-])cc1OCCCC(=O)OCC[Si](C)(C)C. The van der Waals surface area contributed by atoms with E-state index in [4.69, 9.17) is 14.2 Å². The summed E-state index contributed by atoms with van der Waals surface area (Å²) in [7, 11) is 0.138. The van der Waals surface area contributed by atoms with Crippen LogP contribution in [0.1, 0.15) is 23.2 Å². The van der Waals surface area contributed by atoms with Crippen molar-refractivity contribution in [3.05, 3.63) is 27.8 Å². The molecule has 0 unspecified atom stereocenters. The molecule has 0 saturated carbocycles. The van der Waals surface area contributed by atoms with Gasteiger partial charge in [0.2, 0.25) is 0 Å². The van der Waals surface area contributed by atoms with Gasteiger partial charge in [-0.2, -0.15) is 0 Å². The van der Waals surface area contributed by atoms with Crippen molar-refractivity contribution < 1.29 is 28.7 Å². The van der Waals surface area contributed by atoms with Crippen LogP contribution in [0.5, 0.6) is 11.5 Å². The predicted molar refractivity (Wildman–Crippen MR) is 98.9 cm³/mol. The lowest BCUT2D eigenvalue weighted by molar-refractivity contribution is -0.385. The van der Waals surface area contributed by atoms with Crippen molar-refractivity contribution in [2.45, 2.75) is 38.5 Å². The molecule has 0 aromatic heterocycles. The summed E-state index contributed by atoms with van der Waals surface area (Å²) >= 11 is 0. The molecule has 0 aliphatic heterocycles. The molecule has 0 spiro atoms. The summed E-state index contributed by atoms with van der Waals surface area (Å²) in [4.78, 5) is 33.0. The number of benzene rings is 1. The summed E-state index contributed by atoms with van der Waals surface area (Å²) in [5.41, 5.74) is -0.452. The Morgan fingerprint density at radius 2 is 1.92 bits per heavy atom.